The van der Waals surface area contributed by atoms with Crippen LogP contribution in [0, 0.1) is 12.0 Å². The van der Waals surface area contributed by atoms with E-state index in [1.165, 1.54) is 0 Å². The lowest BCUT2D eigenvalue weighted by atomic mass is 10.8. The average Bonchev–Trinajstić information content (AvgIpc) is 1.41. The lowest BCUT2D eigenvalue weighted by Gasteiger charge is -1.68. The normalized spacial score (nSPS) is 4.40. The molecular formula is C3H5OP. The van der Waals surface area contributed by atoms with Crippen LogP contribution in [0.1, 0.15) is 6.92 Å². The summed E-state index contributed by atoms with van der Waals surface area (Å²) in [5.74, 6) is 2.52. The van der Waals surface area contributed by atoms with Crippen LogP contribution in [0.15, 0.2) is 0 Å². The van der Waals surface area contributed by atoms with Gasteiger partial charge in [0.05, 0.1) is 9.47 Å². The van der Waals surface area contributed by atoms with Gasteiger partial charge in [-0.2, -0.15) is 0 Å². The van der Waals surface area contributed by atoms with Crippen LogP contribution in [-0.4, -0.2) is 0 Å². The van der Waals surface area contributed by atoms with Crippen LogP contribution in [0.2, 0.25) is 0 Å². The molecule has 5 heavy (non-hydrogen) atoms. The first-order chi connectivity index (χ1) is 2.41. The van der Waals surface area contributed by atoms with E-state index in [-0.39, 0.29) is 0 Å². The molecule has 0 aliphatic carbocycles. The van der Waals surface area contributed by atoms with Crippen LogP contribution in [0.3, 0.4) is 0 Å². The zero-order valence-corrected chi connectivity index (χ0v) is 4.14. The molecule has 0 rings (SSSR count). The topological polar surface area (TPSA) is 9.23 Å². The molecule has 1 unspecified atom stereocenters. The second-order valence-electron chi connectivity index (χ2n) is 0.470. The minimum absolute atomic E-state index is 1.71. The molecule has 0 aliphatic rings. The Morgan fingerprint density at radius 1 is 1.80 bits per heavy atom. The zero-order chi connectivity index (χ0) is 4.12. The first kappa shape index (κ1) is 4.79. The van der Waals surface area contributed by atoms with Crippen LogP contribution in [0.4, 0.5) is 0 Å². The van der Waals surface area contributed by atoms with Gasteiger partial charge < -0.3 is 4.52 Å². The summed E-state index contributed by atoms with van der Waals surface area (Å²) >= 11 is 0. The highest BCUT2D eigenvalue weighted by molar-refractivity contribution is 7.10. The van der Waals surface area contributed by atoms with Gasteiger partial charge in [-0.25, -0.2) is 0 Å². The van der Waals surface area contributed by atoms with Gasteiger partial charge >= 0.3 is 0 Å². The summed E-state index contributed by atoms with van der Waals surface area (Å²) in [7, 11) is 2.03. The predicted molar refractivity (Wildman–Crippen MR) is 24.2 cm³/mol. The van der Waals surface area contributed by atoms with E-state index in [0.29, 0.717) is 0 Å². The van der Waals surface area contributed by atoms with Crippen LogP contribution in [-0.2, 0) is 4.52 Å². The molecule has 0 aliphatic heterocycles. The Hall–Kier alpha value is -0.210. The molecule has 0 fully saturated rings. The van der Waals surface area contributed by atoms with Crippen LogP contribution >= 0.6 is 9.47 Å². The third-order valence-corrected chi connectivity index (χ3v) is 0.279. The van der Waals surface area contributed by atoms with Gasteiger partial charge in [0.25, 0.3) is 0 Å². The van der Waals surface area contributed by atoms with Crippen molar-refractivity contribution in [1.29, 1.82) is 0 Å². The monoisotopic (exact) mass is 88.0 g/mol. The van der Waals surface area contributed by atoms with Gasteiger partial charge in [0.1, 0.15) is 6.11 Å². The van der Waals surface area contributed by atoms with Gasteiger partial charge in [-0.3, -0.25) is 0 Å². The predicted octanol–water partition coefficient (Wildman–Crippen LogP) is 0.774. The standard InChI is InChI=1S/C3H5OP/c1-2-3-4-5/h5H2,1H3. The second-order valence-corrected chi connectivity index (χ2v) is 0.706. The van der Waals surface area contributed by atoms with Gasteiger partial charge in [-0.1, -0.05) is 5.92 Å². The molecule has 0 radical (unpaired) electrons. The lowest BCUT2D eigenvalue weighted by Crippen LogP contribution is -1.45. The van der Waals surface area contributed by atoms with E-state index in [9.17, 15) is 0 Å². The van der Waals surface area contributed by atoms with E-state index < -0.39 is 0 Å². The summed E-state index contributed by atoms with van der Waals surface area (Å²) in [5.41, 5.74) is 0. The van der Waals surface area contributed by atoms with Crippen molar-refractivity contribution >= 4 is 9.47 Å². The summed E-state index contributed by atoms with van der Waals surface area (Å²) in [6.07, 6.45) is 2.32. The minimum Gasteiger partial charge on any atom is -0.433 e. The van der Waals surface area contributed by atoms with Crippen molar-refractivity contribution in [3.8, 4) is 12.0 Å². The fourth-order valence-corrected chi connectivity index (χ4v) is 0.177. The molecule has 1 atom stereocenters. The summed E-state index contributed by atoms with van der Waals surface area (Å²) < 4.78 is 4.25. The Kier molecular flexibility index (Phi) is 3.63. The van der Waals surface area contributed by atoms with Crippen molar-refractivity contribution in [2.45, 2.75) is 6.92 Å². The molecule has 2 heteroatoms. The maximum atomic E-state index is 4.25. The minimum atomic E-state index is 1.71. The zero-order valence-electron chi connectivity index (χ0n) is 2.99. The van der Waals surface area contributed by atoms with Crippen molar-refractivity contribution in [3.05, 3.63) is 0 Å². The molecule has 0 aromatic rings. The number of hydrogen-bond acceptors (Lipinski definition) is 1. The second kappa shape index (κ2) is 3.79. The highest BCUT2D eigenvalue weighted by Crippen LogP contribution is 1.75. The van der Waals surface area contributed by atoms with Crippen molar-refractivity contribution in [1.82, 2.24) is 0 Å². The molecule has 28 valence electrons. The molecule has 0 N–H and O–H groups in total. The first-order valence-corrected chi connectivity index (χ1v) is 1.66. The molecule has 0 spiro atoms. The highest BCUT2D eigenvalue weighted by atomic mass is 31.0. The molecule has 0 aromatic heterocycles. The summed E-state index contributed by atoms with van der Waals surface area (Å²) in [6, 6.07) is 0. The van der Waals surface area contributed by atoms with Crippen LogP contribution in [0.5, 0.6) is 0 Å². The average molecular weight is 88.0 g/mol. The number of rotatable bonds is 0. The fourth-order valence-electron chi connectivity index (χ4n) is 0.0589. The van der Waals surface area contributed by atoms with Crippen LogP contribution < -0.4 is 0 Å². The van der Waals surface area contributed by atoms with Crippen LogP contribution in [0.25, 0.3) is 0 Å². The van der Waals surface area contributed by atoms with Gasteiger partial charge in [0.15, 0.2) is 0 Å². The Labute approximate surface area is 34.0 Å². The summed E-state index contributed by atoms with van der Waals surface area (Å²) in [5, 5.41) is 0. The largest absolute Gasteiger partial charge is 0.433 e. The Bertz CT molecular complexity index is 59.0. The van der Waals surface area contributed by atoms with E-state index in [1.807, 2.05) is 9.47 Å². The fraction of sp³-hybridized carbons (Fsp3) is 0.333. The maximum Gasteiger partial charge on any atom is 0.112 e. The molecule has 0 saturated carbocycles. The van der Waals surface area contributed by atoms with E-state index >= 15 is 0 Å². The Balaban J connectivity index is 2.81. The third kappa shape index (κ3) is 3.79. The van der Waals surface area contributed by atoms with E-state index in [2.05, 4.69) is 16.6 Å². The maximum absolute atomic E-state index is 4.25. The Morgan fingerprint density at radius 3 is 2.40 bits per heavy atom. The third-order valence-electron chi connectivity index (χ3n) is 0.161. The smallest absolute Gasteiger partial charge is 0.112 e. The molecule has 0 aromatic carbocycles. The summed E-state index contributed by atoms with van der Waals surface area (Å²) in [4.78, 5) is 0. The van der Waals surface area contributed by atoms with Crippen molar-refractivity contribution < 1.29 is 4.52 Å². The molecule has 0 heterocycles. The van der Waals surface area contributed by atoms with E-state index in [0.717, 1.165) is 0 Å². The number of hydrogen-bond donors (Lipinski definition) is 0. The van der Waals surface area contributed by atoms with Crippen molar-refractivity contribution in [2.75, 3.05) is 0 Å². The van der Waals surface area contributed by atoms with Gasteiger partial charge in [0.2, 0.25) is 0 Å². The Morgan fingerprint density at radius 2 is 2.40 bits per heavy atom. The van der Waals surface area contributed by atoms with Crippen molar-refractivity contribution in [3.63, 3.8) is 0 Å². The first-order valence-electron chi connectivity index (χ1n) is 1.19. The van der Waals surface area contributed by atoms with Gasteiger partial charge in [-0.05, 0) is 0 Å². The summed E-state index contributed by atoms with van der Waals surface area (Å²) in [6.45, 7) is 1.71. The molecule has 0 bridgehead atoms. The molecule has 0 amide bonds. The quantitative estimate of drug-likeness (QED) is 0.314. The van der Waals surface area contributed by atoms with E-state index in [1.54, 1.807) is 6.92 Å². The SMILES string of the molecule is CC#COP. The molecular weight excluding hydrogens is 83.0 g/mol. The molecule has 1 nitrogen and oxygen atoms in total. The van der Waals surface area contributed by atoms with Crippen molar-refractivity contribution in [2.24, 2.45) is 0 Å². The van der Waals surface area contributed by atoms with Gasteiger partial charge in [-0.15, -0.1) is 0 Å². The van der Waals surface area contributed by atoms with E-state index in [4.69, 9.17) is 0 Å². The lowest BCUT2D eigenvalue weighted by molar-refractivity contribution is 0.610. The van der Waals surface area contributed by atoms with Gasteiger partial charge in [0, 0.05) is 6.92 Å². The molecule has 0 saturated heterocycles. The highest BCUT2D eigenvalue weighted by Gasteiger charge is 1.43.